The van der Waals surface area contributed by atoms with Crippen LogP contribution in [0.5, 0.6) is 0 Å². The first-order valence-electron chi connectivity index (χ1n) is 4.43. The van der Waals surface area contributed by atoms with Crippen molar-refractivity contribution < 1.29 is 14.3 Å². The molecule has 0 saturated heterocycles. The summed E-state index contributed by atoms with van der Waals surface area (Å²) in [5, 5.41) is 0. The zero-order valence-electron chi connectivity index (χ0n) is 8.03. The molecule has 0 atom stereocenters. The van der Waals surface area contributed by atoms with Gasteiger partial charge in [0, 0.05) is 17.7 Å². The van der Waals surface area contributed by atoms with Gasteiger partial charge in [-0.25, -0.2) is 0 Å². The van der Waals surface area contributed by atoms with Gasteiger partial charge in [-0.05, 0) is 12.5 Å². The number of hydrogen-bond acceptors (Lipinski definition) is 3. The average Bonchev–Trinajstić information content (AvgIpc) is 2.25. The molecule has 3 nitrogen and oxygen atoms in total. The van der Waals surface area contributed by atoms with Crippen molar-refractivity contribution in [3.63, 3.8) is 0 Å². The first-order chi connectivity index (χ1) is 6.83. The highest BCUT2D eigenvalue weighted by molar-refractivity contribution is 5.91. The van der Waals surface area contributed by atoms with E-state index in [4.69, 9.17) is 4.74 Å². The van der Waals surface area contributed by atoms with E-state index in [1.54, 1.807) is 18.2 Å². The quantitative estimate of drug-likeness (QED) is 0.668. The maximum atomic E-state index is 10.8. The molecule has 74 valence electrons. The molecule has 14 heavy (non-hydrogen) atoms. The number of carbonyl (C=O) groups is 2. The molecule has 0 bridgehead atoms. The van der Waals surface area contributed by atoms with Gasteiger partial charge in [-0.3, -0.25) is 9.59 Å². The first kappa shape index (κ1) is 10.6. The summed E-state index contributed by atoms with van der Waals surface area (Å²) in [7, 11) is 0. The van der Waals surface area contributed by atoms with Gasteiger partial charge in [-0.1, -0.05) is 18.2 Å². The second kappa shape index (κ2) is 5.29. The number of rotatable bonds is 5. The van der Waals surface area contributed by atoms with Gasteiger partial charge in [-0.2, -0.15) is 0 Å². The lowest BCUT2D eigenvalue weighted by atomic mass is 10.0. The van der Waals surface area contributed by atoms with E-state index in [1.165, 1.54) is 0 Å². The zero-order chi connectivity index (χ0) is 10.4. The lowest BCUT2D eigenvalue weighted by Gasteiger charge is -2.06. The Morgan fingerprint density at radius 1 is 1.29 bits per heavy atom. The van der Waals surface area contributed by atoms with Crippen molar-refractivity contribution in [3.8, 4) is 0 Å². The third kappa shape index (κ3) is 2.26. The van der Waals surface area contributed by atoms with E-state index >= 15 is 0 Å². The maximum absolute atomic E-state index is 10.8. The molecular formula is C11H12O3. The van der Waals surface area contributed by atoms with Crippen molar-refractivity contribution in [1.82, 2.24) is 0 Å². The Bertz CT molecular complexity index is 331. The van der Waals surface area contributed by atoms with Crippen LogP contribution in [-0.2, 0) is 11.3 Å². The number of aldehydes is 2. The summed E-state index contributed by atoms with van der Waals surface area (Å²) in [4.78, 5) is 21.4. The summed E-state index contributed by atoms with van der Waals surface area (Å²) in [5.74, 6) is 0. The minimum Gasteiger partial charge on any atom is -0.377 e. The Balaban J connectivity index is 3.02. The predicted octanol–water partition coefficient (Wildman–Crippen LogP) is 1.85. The molecule has 3 heteroatoms. The lowest BCUT2D eigenvalue weighted by molar-refractivity contribution is 0.108. The van der Waals surface area contributed by atoms with Crippen LogP contribution in [0, 0.1) is 0 Å². The minimum atomic E-state index is 0.367. The van der Waals surface area contributed by atoms with E-state index < -0.39 is 0 Å². The Kier molecular flexibility index (Phi) is 4.01. The molecule has 0 aliphatic heterocycles. The van der Waals surface area contributed by atoms with Crippen molar-refractivity contribution >= 4 is 12.6 Å². The van der Waals surface area contributed by atoms with E-state index in [9.17, 15) is 9.59 Å². The molecule has 1 aromatic rings. The molecule has 0 aliphatic carbocycles. The van der Waals surface area contributed by atoms with Crippen LogP contribution in [0.4, 0.5) is 0 Å². The standard InChI is InChI=1S/C11H12O3/c1-2-14-8-10-5-3-4-9(6-12)11(10)7-13/h3-7H,2,8H2,1H3. The Morgan fingerprint density at radius 3 is 2.64 bits per heavy atom. The molecule has 0 heterocycles. The molecule has 0 amide bonds. The molecule has 0 saturated carbocycles. The Hall–Kier alpha value is -1.48. The molecule has 0 fully saturated rings. The fourth-order valence-corrected chi connectivity index (χ4v) is 1.22. The Labute approximate surface area is 82.7 Å². The second-order valence-electron chi connectivity index (χ2n) is 2.79. The Morgan fingerprint density at radius 2 is 2.07 bits per heavy atom. The van der Waals surface area contributed by atoms with Gasteiger partial charge in [0.25, 0.3) is 0 Å². The number of benzene rings is 1. The van der Waals surface area contributed by atoms with E-state index in [0.717, 1.165) is 5.56 Å². The average molecular weight is 192 g/mol. The smallest absolute Gasteiger partial charge is 0.151 e. The zero-order valence-corrected chi connectivity index (χ0v) is 8.03. The number of ether oxygens (including phenoxy) is 1. The summed E-state index contributed by atoms with van der Waals surface area (Å²) in [6.07, 6.45) is 1.37. The van der Waals surface area contributed by atoms with Crippen LogP contribution < -0.4 is 0 Å². The monoisotopic (exact) mass is 192 g/mol. The molecule has 0 N–H and O–H groups in total. The van der Waals surface area contributed by atoms with E-state index in [-0.39, 0.29) is 0 Å². The topological polar surface area (TPSA) is 43.4 Å². The first-order valence-corrected chi connectivity index (χ1v) is 4.43. The lowest BCUT2D eigenvalue weighted by Crippen LogP contribution is -2.00. The number of hydrogen-bond donors (Lipinski definition) is 0. The van der Waals surface area contributed by atoms with Crippen molar-refractivity contribution in [2.75, 3.05) is 6.61 Å². The molecule has 1 rings (SSSR count). The summed E-state index contributed by atoms with van der Waals surface area (Å²) >= 11 is 0. The van der Waals surface area contributed by atoms with Gasteiger partial charge in [0.2, 0.25) is 0 Å². The van der Waals surface area contributed by atoms with Crippen LogP contribution in [0.15, 0.2) is 18.2 Å². The fourth-order valence-electron chi connectivity index (χ4n) is 1.22. The third-order valence-corrected chi connectivity index (χ3v) is 1.94. The van der Waals surface area contributed by atoms with Crippen LogP contribution in [0.25, 0.3) is 0 Å². The van der Waals surface area contributed by atoms with Crippen LogP contribution in [0.1, 0.15) is 33.2 Å². The predicted molar refractivity (Wildman–Crippen MR) is 52.5 cm³/mol. The van der Waals surface area contributed by atoms with Crippen molar-refractivity contribution in [2.24, 2.45) is 0 Å². The van der Waals surface area contributed by atoms with Crippen LogP contribution >= 0.6 is 0 Å². The summed E-state index contributed by atoms with van der Waals surface area (Å²) in [5.41, 5.74) is 1.60. The normalized spacial score (nSPS) is 9.79. The van der Waals surface area contributed by atoms with Crippen LogP contribution in [0.3, 0.4) is 0 Å². The van der Waals surface area contributed by atoms with E-state index in [2.05, 4.69) is 0 Å². The molecule has 0 spiro atoms. The highest BCUT2D eigenvalue weighted by Gasteiger charge is 2.06. The van der Waals surface area contributed by atoms with Gasteiger partial charge < -0.3 is 4.74 Å². The number of carbonyl (C=O) groups excluding carboxylic acids is 2. The largest absolute Gasteiger partial charge is 0.377 e. The molecule has 0 aliphatic rings. The highest BCUT2D eigenvalue weighted by atomic mass is 16.5. The summed E-state index contributed by atoms with van der Waals surface area (Å²) < 4.78 is 5.19. The van der Waals surface area contributed by atoms with Crippen LogP contribution in [-0.4, -0.2) is 19.2 Å². The van der Waals surface area contributed by atoms with Crippen molar-refractivity contribution in [2.45, 2.75) is 13.5 Å². The van der Waals surface area contributed by atoms with Gasteiger partial charge in [0.15, 0.2) is 12.6 Å². The molecule has 1 aromatic carbocycles. The van der Waals surface area contributed by atoms with Gasteiger partial charge in [-0.15, -0.1) is 0 Å². The molecular weight excluding hydrogens is 180 g/mol. The second-order valence-corrected chi connectivity index (χ2v) is 2.79. The molecule has 0 unspecified atom stereocenters. The minimum absolute atomic E-state index is 0.367. The summed E-state index contributed by atoms with van der Waals surface area (Å²) in [6, 6.07) is 5.14. The molecule has 0 aromatic heterocycles. The van der Waals surface area contributed by atoms with Gasteiger partial charge >= 0.3 is 0 Å². The molecule has 0 radical (unpaired) electrons. The van der Waals surface area contributed by atoms with Gasteiger partial charge in [0.05, 0.1) is 6.61 Å². The van der Waals surface area contributed by atoms with Crippen LogP contribution in [0.2, 0.25) is 0 Å². The third-order valence-electron chi connectivity index (χ3n) is 1.94. The van der Waals surface area contributed by atoms with Crippen molar-refractivity contribution in [1.29, 1.82) is 0 Å². The maximum Gasteiger partial charge on any atom is 0.151 e. The van der Waals surface area contributed by atoms with Gasteiger partial charge in [0.1, 0.15) is 0 Å². The summed E-state index contributed by atoms with van der Waals surface area (Å²) in [6.45, 7) is 2.83. The fraction of sp³-hybridized carbons (Fsp3) is 0.273. The van der Waals surface area contributed by atoms with Crippen molar-refractivity contribution in [3.05, 3.63) is 34.9 Å². The highest BCUT2D eigenvalue weighted by Crippen LogP contribution is 2.12. The SMILES string of the molecule is CCOCc1cccc(C=O)c1C=O. The van der Waals surface area contributed by atoms with E-state index in [0.29, 0.717) is 36.9 Å². The van der Waals surface area contributed by atoms with E-state index in [1.807, 2.05) is 6.92 Å².